The molecule has 0 aromatic rings. The van der Waals surface area contributed by atoms with Crippen molar-refractivity contribution in [1.29, 1.82) is 0 Å². The fourth-order valence-corrected chi connectivity index (χ4v) is 6.74. The Morgan fingerprint density at radius 1 is 1.24 bits per heavy atom. The Bertz CT molecular complexity index is 583. The van der Waals surface area contributed by atoms with Gasteiger partial charge in [-0.1, -0.05) is 27.7 Å². The van der Waals surface area contributed by atoms with Gasteiger partial charge in [-0.3, -0.25) is 4.79 Å². The molecule has 0 spiro atoms. The summed E-state index contributed by atoms with van der Waals surface area (Å²) in [4.78, 5) is 11.8. The zero-order chi connectivity index (χ0) is 21.1. The molecule has 0 unspecified atom stereocenters. The third-order valence-corrected chi connectivity index (χ3v) is 7.82. The summed E-state index contributed by atoms with van der Waals surface area (Å²) in [6, 6.07) is -0.715. The van der Waals surface area contributed by atoms with Crippen LogP contribution in [0, 0.1) is 0 Å². The summed E-state index contributed by atoms with van der Waals surface area (Å²) in [7, 11) is 3.12. The molecule has 3 aliphatic rings. The Morgan fingerprint density at radius 2 is 2.00 bits per heavy atom. The second-order valence-corrected chi connectivity index (χ2v) is 9.62. The van der Waals surface area contributed by atoms with E-state index < -0.39 is 55.7 Å². The van der Waals surface area contributed by atoms with E-state index in [0.717, 1.165) is 0 Å². The number of nitrogens with one attached hydrogen (secondary N) is 1. The van der Waals surface area contributed by atoms with Gasteiger partial charge in [0.15, 0.2) is 12.6 Å². The molecule has 0 aromatic carbocycles. The normalized spacial score (nSPS) is 44.9. The Kier molecular flexibility index (Phi) is 8.23. The van der Waals surface area contributed by atoms with Crippen LogP contribution in [0.5, 0.6) is 0 Å². The average Bonchev–Trinajstić information content (AvgIpc) is 3.16. The number of amides is 1. The number of fused-ring (bicyclic) bond motifs is 1. The molecule has 29 heavy (non-hydrogen) atoms. The van der Waals surface area contributed by atoms with Gasteiger partial charge >= 0.3 is 0 Å². The molecule has 1 amide bonds. The number of carbonyl (C=O) groups excluding carboxylic acids is 1. The summed E-state index contributed by atoms with van der Waals surface area (Å²) < 4.78 is 23.2. The number of hydrogen-bond acceptors (Lipinski definition) is 11. The predicted octanol–water partition coefficient (Wildman–Crippen LogP) is -1.63. The van der Waals surface area contributed by atoms with Crippen molar-refractivity contribution in [2.45, 2.75) is 67.4 Å². The summed E-state index contributed by atoms with van der Waals surface area (Å²) in [6.07, 6.45) is -7.16. The SMILES string of the molecule is C=CCO[C@H]1O[C@@H]2CSS[C@@H]2[C@H](O[C@@H]2O[C@H](CO)[C@H](O)[C@H](O)[C@H]2O)[C@H]1NC(C)=O. The highest BCUT2D eigenvalue weighted by Gasteiger charge is 2.53. The van der Waals surface area contributed by atoms with Crippen LogP contribution < -0.4 is 5.32 Å². The fraction of sp³-hybridized carbons (Fsp3) is 0.824. The van der Waals surface area contributed by atoms with Crippen molar-refractivity contribution in [3.8, 4) is 0 Å². The Morgan fingerprint density at radius 3 is 2.66 bits per heavy atom. The highest BCUT2D eigenvalue weighted by Crippen LogP contribution is 2.46. The van der Waals surface area contributed by atoms with E-state index >= 15 is 0 Å². The number of ether oxygens (including phenoxy) is 4. The number of hydrogen-bond donors (Lipinski definition) is 5. The molecular formula is C17H27NO9S2. The van der Waals surface area contributed by atoms with Crippen molar-refractivity contribution < 1.29 is 44.2 Å². The largest absolute Gasteiger partial charge is 0.394 e. The third kappa shape index (κ3) is 5.09. The molecule has 0 aromatic heterocycles. The van der Waals surface area contributed by atoms with E-state index in [4.69, 9.17) is 18.9 Å². The molecule has 10 nitrogen and oxygen atoms in total. The standard InChI is InChI=1S/C17H27NO9S2/c1-3-4-24-16-10(18-7(2)20)14(15-9(26-16)6-28-29-15)27-17-13(23)12(22)11(21)8(5-19)25-17/h3,8-17,19,21-23H,1,4-6H2,2H3,(H,18,20)/t8-,9-,10-,11+,12+,13-,14-,15+,16+,17+/m1/s1. The van der Waals surface area contributed by atoms with Gasteiger partial charge in [0, 0.05) is 12.7 Å². The lowest BCUT2D eigenvalue weighted by Crippen LogP contribution is -2.66. The van der Waals surface area contributed by atoms with Crippen molar-refractivity contribution in [2.75, 3.05) is 19.0 Å². The molecule has 0 radical (unpaired) electrons. The van der Waals surface area contributed by atoms with Gasteiger partial charge in [-0.05, 0) is 0 Å². The van der Waals surface area contributed by atoms with Gasteiger partial charge in [-0.15, -0.1) is 6.58 Å². The predicted molar refractivity (Wildman–Crippen MR) is 105 cm³/mol. The Hall–Kier alpha value is -0.410. The molecule has 3 rings (SSSR count). The van der Waals surface area contributed by atoms with E-state index in [0.29, 0.717) is 5.75 Å². The molecule has 0 bridgehead atoms. The quantitative estimate of drug-likeness (QED) is 0.223. The first-order valence-corrected chi connectivity index (χ1v) is 11.6. The van der Waals surface area contributed by atoms with Crippen molar-refractivity contribution in [3.63, 3.8) is 0 Å². The van der Waals surface area contributed by atoms with Gasteiger partial charge in [0.25, 0.3) is 0 Å². The molecule has 0 aliphatic carbocycles. The molecule has 5 N–H and O–H groups in total. The molecule has 12 heteroatoms. The highest BCUT2D eigenvalue weighted by atomic mass is 33.1. The second kappa shape index (κ2) is 10.3. The monoisotopic (exact) mass is 453 g/mol. The lowest BCUT2D eigenvalue weighted by atomic mass is 9.97. The number of rotatable bonds is 7. The highest BCUT2D eigenvalue weighted by molar-refractivity contribution is 8.77. The summed E-state index contributed by atoms with van der Waals surface area (Å²) in [5, 5.41) is 42.4. The summed E-state index contributed by atoms with van der Waals surface area (Å²) in [6.45, 7) is 4.62. The molecule has 3 saturated heterocycles. The fourth-order valence-electron chi connectivity index (χ4n) is 3.53. The second-order valence-electron chi connectivity index (χ2n) is 7.03. The van der Waals surface area contributed by atoms with Gasteiger partial charge in [0.2, 0.25) is 5.91 Å². The first-order valence-electron chi connectivity index (χ1n) is 9.26. The molecule has 3 aliphatic heterocycles. The lowest BCUT2D eigenvalue weighted by Gasteiger charge is -2.47. The zero-order valence-electron chi connectivity index (χ0n) is 15.8. The Labute approximate surface area is 176 Å². The molecule has 0 saturated carbocycles. The number of aliphatic hydroxyl groups excluding tert-OH is 4. The van der Waals surface area contributed by atoms with E-state index in [1.54, 1.807) is 16.9 Å². The van der Waals surface area contributed by atoms with Gasteiger partial charge in [0.1, 0.15) is 36.6 Å². The molecular weight excluding hydrogens is 426 g/mol. The van der Waals surface area contributed by atoms with Crippen LogP contribution in [0.2, 0.25) is 0 Å². The van der Waals surface area contributed by atoms with Crippen LogP contribution in [-0.2, 0) is 23.7 Å². The van der Waals surface area contributed by atoms with Crippen molar-refractivity contribution >= 4 is 27.5 Å². The first-order chi connectivity index (χ1) is 13.9. The molecule has 3 fully saturated rings. The minimum Gasteiger partial charge on any atom is -0.394 e. The number of carbonyl (C=O) groups is 1. The number of aliphatic hydroxyl groups is 4. The third-order valence-electron chi connectivity index (χ3n) is 4.95. The summed E-state index contributed by atoms with van der Waals surface area (Å²) in [5.74, 6) is 0.368. The molecule has 166 valence electrons. The van der Waals surface area contributed by atoms with Gasteiger partial charge < -0.3 is 44.7 Å². The summed E-state index contributed by atoms with van der Waals surface area (Å²) >= 11 is 0. The van der Waals surface area contributed by atoms with Crippen LogP contribution in [-0.4, -0.2) is 106 Å². The smallest absolute Gasteiger partial charge is 0.217 e. The van der Waals surface area contributed by atoms with Crippen molar-refractivity contribution in [1.82, 2.24) is 5.32 Å². The van der Waals surface area contributed by atoms with Crippen LogP contribution >= 0.6 is 21.6 Å². The van der Waals surface area contributed by atoms with Crippen LogP contribution in [0.3, 0.4) is 0 Å². The van der Waals surface area contributed by atoms with E-state index in [1.165, 1.54) is 17.7 Å². The van der Waals surface area contributed by atoms with E-state index in [9.17, 15) is 25.2 Å². The van der Waals surface area contributed by atoms with Crippen LogP contribution in [0.1, 0.15) is 6.92 Å². The maximum absolute atomic E-state index is 11.8. The maximum atomic E-state index is 11.8. The zero-order valence-corrected chi connectivity index (χ0v) is 17.5. The molecule has 3 heterocycles. The van der Waals surface area contributed by atoms with Crippen LogP contribution in [0.25, 0.3) is 0 Å². The van der Waals surface area contributed by atoms with Crippen LogP contribution in [0.4, 0.5) is 0 Å². The van der Waals surface area contributed by atoms with E-state index in [1.807, 2.05) is 0 Å². The minimum absolute atomic E-state index is 0.200. The summed E-state index contributed by atoms with van der Waals surface area (Å²) in [5.41, 5.74) is 0. The Balaban J connectivity index is 1.83. The minimum atomic E-state index is -1.56. The molecule has 10 atom stereocenters. The van der Waals surface area contributed by atoms with Crippen LogP contribution in [0.15, 0.2) is 12.7 Å². The van der Waals surface area contributed by atoms with Crippen molar-refractivity contribution in [3.05, 3.63) is 12.7 Å². The lowest BCUT2D eigenvalue weighted by molar-refractivity contribution is -0.326. The average molecular weight is 454 g/mol. The van der Waals surface area contributed by atoms with Gasteiger partial charge in [-0.25, -0.2) is 0 Å². The van der Waals surface area contributed by atoms with E-state index in [-0.39, 0.29) is 23.9 Å². The topological polar surface area (TPSA) is 147 Å². The van der Waals surface area contributed by atoms with Gasteiger partial charge in [0.05, 0.1) is 24.6 Å². The first kappa shape index (κ1) is 23.3. The van der Waals surface area contributed by atoms with E-state index in [2.05, 4.69) is 11.9 Å². The van der Waals surface area contributed by atoms with Gasteiger partial charge in [-0.2, -0.15) is 0 Å². The van der Waals surface area contributed by atoms with Crippen molar-refractivity contribution in [2.24, 2.45) is 0 Å². The maximum Gasteiger partial charge on any atom is 0.217 e.